The van der Waals surface area contributed by atoms with E-state index < -0.39 is 152 Å². The van der Waals surface area contributed by atoms with Crippen LogP contribution in [0.25, 0.3) is 23.2 Å². The number of carbonyl (C=O) groups excluding carboxylic acids is 2. The lowest BCUT2D eigenvalue weighted by Gasteiger charge is -2.74. The molecule has 29 heteroatoms. The quantitative estimate of drug-likeness (QED) is 0.138. The zero-order valence-electron chi connectivity index (χ0n) is 37.3. The molecule has 0 aromatic carbocycles. The van der Waals surface area contributed by atoms with Crippen LogP contribution in [0.3, 0.4) is 0 Å². The van der Waals surface area contributed by atoms with E-state index in [4.69, 9.17) is 14.6 Å². The van der Waals surface area contributed by atoms with Crippen molar-refractivity contribution in [3.8, 4) is 23.2 Å². The van der Waals surface area contributed by atoms with Crippen LogP contribution in [0, 0.1) is 5.41 Å². The zero-order chi connectivity index (χ0) is 52.0. The van der Waals surface area contributed by atoms with Gasteiger partial charge in [0.2, 0.25) is 11.2 Å². The third-order valence-electron chi connectivity index (χ3n) is 15.2. The number of nitrogen functional groups attached to an aromatic ring is 1. The fraction of sp³-hybridized carbons (Fsp3) is 0.628. The summed E-state index contributed by atoms with van der Waals surface area (Å²) in [6, 6.07) is 0.795. The van der Waals surface area contributed by atoms with E-state index in [-0.39, 0.29) is 96.7 Å². The molecule has 12 rings (SSSR count). The van der Waals surface area contributed by atoms with Gasteiger partial charge in [0.25, 0.3) is 35.4 Å². The Morgan fingerprint density at radius 3 is 1.47 bits per heavy atom. The second kappa shape index (κ2) is 15.8. The van der Waals surface area contributed by atoms with Crippen LogP contribution in [-0.4, -0.2) is 111 Å². The zero-order valence-corrected chi connectivity index (χ0v) is 37.3. The molecule has 0 saturated heterocycles. The SMILES string of the molecule is Nc1cc(C(F)(F)F)c2nc1-c1nnc(o1)[C@@](O)(C(F)(F)F)CCCCCN(C13CC(CNc4cc(C(F)(F)F)c5nc4-c4nnc(o4)[C@@](O)(C(F)(F)F)CCCCCN(C46CC(F)(C4)C6)C5=O)(C1)C3)C2=O. The molecular formula is C43H41F13N10O6. The van der Waals surface area contributed by atoms with Crippen LogP contribution in [0.5, 0.6) is 0 Å². The van der Waals surface area contributed by atoms with Crippen LogP contribution in [0.4, 0.5) is 68.5 Å². The van der Waals surface area contributed by atoms with E-state index in [0.717, 1.165) is 9.80 Å². The van der Waals surface area contributed by atoms with Crippen LogP contribution in [0.2, 0.25) is 0 Å². The average molecular weight is 1040 g/mol. The number of alkyl halides is 13. The van der Waals surface area contributed by atoms with Gasteiger partial charge >= 0.3 is 24.7 Å². The minimum atomic E-state index is -5.39. The number of fused-ring (bicyclic) bond motifs is 10. The Kier molecular flexibility index (Phi) is 10.9. The Bertz CT molecular complexity index is 2830. The molecule has 2 amide bonds. The second-order valence-corrected chi connectivity index (χ2v) is 20.2. The summed E-state index contributed by atoms with van der Waals surface area (Å²) in [5.41, 5.74) is -15.1. The topological polar surface area (TPSA) is 223 Å². The molecule has 4 aromatic heterocycles. The first-order valence-corrected chi connectivity index (χ1v) is 22.7. The van der Waals surface area contributed by atoms with Crippen LogP contribution in [0.15, 0.2) is 21.0 Å². The molecule has 4 aromatic rings. The van der Waals surface area contributed by atoms with E-state index in [1.54, 1.807) is 0 Å². The minimum Gasteiger partial charge on any atom is -0.416 e. The van der Waals surface area contributed by atoms with E-state index in [1.165, 1.54) is 0 Å². The highest BCUT2D eigenvalue weighted by Gasteiger charge is 2.73. The summed E-state index contributed by atoms with van der Waals surface area (Å²) in [7, 11) is 0. The smallest absolute Gasteiger partial charge is 0.416 e. The fourth-order valence-corrected chi connectivity index (χ4v) is 11.6. The summed E-state index contributed by atoms with van der Waals surface area (Å²) in [6.45, 7) is -0.897. The van der Waals surface area contributed by atoms with Gasteiger partial charge in [-0.15, -0.1) is 20.4 Å². The van der Waals surface area contributed by atoms with E-state index >= 15 is 13.2 Å². The highest BCUT2D eigenvalue weighted by atomic mass is 19.4. The molecule has 6 heterocycles. The van der Waals surface area contributed by atoms with Gasteiger partial charge in [0.15, 0.2) is 11.4 Å². The normalized spacial score (nSPS) is 31.1. The third kappa shape index (κ3) is 7.70. The average Bonchev–Trinajstić information content (AvgIpc) is 3.93. The van der Waals surface area contributed by atoms with Crippen molar-refractivity contribution in [2.75, 3.05) is 30.7 Å². The van der Waals surface area contributed by atoms with E-state index in [1.807, 2.05) is 0 Å². The molecule has 6 saturated carbocycles. The van der Waals surface area contributed by atoms with E-state index in [0.29, 0.717) is 12.1 Å². The maximum absolute atomic E-state index is 15.1. The van der Waals surface area contributed by atoms with Gasteiger partial charge < -0.3 is 39.9 Å². The highest BCUT2D eigenvalue weighted by molar-refractivity contribution is 5.97. The lowest BCUT2D eigenvalue weighted by molar-refractivity contribution is -0.277. The number of amides is 2. The number of carbonyl (C=O) groups is 2. The molecule has 0 radical (unpaired) electrons. The fourth-order valence-electron chi connectivity index (χ4n) is 11.6. The van der Waals surface area contributed by atoms with Crippen molar-refractivity contribution in [3.63, 3.8) is 0 Å². The molecule has 8 aliphatic rings. The first-order valence-electron chi connectivity index (χ1n) is 22.7. The van der Waals surface area contributed by atoms with Crippen molar-refractivity contribution in [1.82, 2.24) is 40.2 Å². The van der Waals surface area contributed by atoms with Crippen molar-refractivity contribution in [1.29, 1.82) is 0 Å². The van der Waals surface area contributed by atoms with Crippen LogP contribution < -0.4 is 11.1 Å². The van der Waals surface area contributed by atoms with Gasteiger partial charge in [-0.05, 0) is 75.3 Å². The summed E-state index contributed by atoms with van der Waals surface area (Å²) >= 11 is 0. The molecular weight excluding hydrogens is 1000 g/mol. The lowest BCUT2D eigenvalue weighted by Crippen LogP contribution is -2.77. The Morgan fingerprint density at radius 2 is 1.03 bits per heavy atom. The van der Waals surface area contributed by atoms with Gasteiger partial charge in [0.1, 0.15) is 17.1 Å². The highest BCUT2D eigenvalue weighted by Crippen LogP contribution is 2.70. The third-order valence-corrected chi connectivity index (χ3v) is 15.2. The number of nitrogens with one attached hydrogen (secondary N) is 1. The largest absolute Gasteiger partial charge is 0.426 e. The second-order valence-electron chi connectivity index (χ2n) is 20.2. The molecule has 390 valence electrons. The number of pyridine rings is 2. The molecule has 0 unspecified atom stereocenters. The predicted molar refractivity (Wildman–Crippen MR) is 216 cm³/mol. The predicted octanol–water partition coefficient (Wildman–Crippen LogP) is 8.41. The Labute approximate surface area is 396 Å². The molecule has 6 fully saturated rings. The number of halogens is 13. The molecule has 2 aliphatic heterocycles. The van der Waals surface area contributed by atoms with Crippen LogP contribution in [0.1, 0.15) is 134 Å². The molecule has 12 bridgehead atoms. The lowest BCUT2D eigenvalue weighted by atomic mass is 9.38. The van der Waals surface area contributed by atoms with Crippen molar-refractivity contribution >= 4 is 23.2 Å². The molecule has 6 aliphatic carbocycles. The van der Waals surface area contributed by atoms with Gasteiger partial charge in [-0.1, -0.05) is 12.8 Å². The molecule has 16 nitrogen and oxygen atoms in total. The summed E-state index contributed by atoms with van der Waals surface area (Å²) in [6.07, 6.45) is -24.9. The van der Waals surface area contributed by atoms with Crippen molar-refractivity contribution < 1.29 is 85.7 Å². The van der Waals surface area contributed by atoms with Gasteiger partial charge in [-0.3, -0.25) is 9.59 Å². The Hall–Kier alpha value is -5.87. The summed E-state index contributed by atoms with van der Waals surface area (Å²) in [5.74, 6) is -7.06. The van der Waals surface area contributed by atoms with Crippen molar-refractivity contribution in [3.05, 3.63) is 46.4 Å². The number of rotatable bonds is 5. The van der Waals surface area contributed by atoms with Gasteiger partial charge in [0.05, 0.1) is 28.0 Å². The van der Waals surface area contributed by atoms with Gasteiger partial charge in [-0.25, -0.2) is 14.4 Å². The first-order chi connectivity index (χ1) is 33.4. The van der Waals surface area contributed by atoms with Crippen molar-refractivity contribution in [2.45, 2.75) is 143 Å². The van der Waals surface area contributed by atoms with E-state index in [2.05, 4.69) is 35.7 Å². The van der Waals surface area contributed by atoms with Crippen LogP contribution >= 0.6 is 0 Å². The Morgan fingerprint density at radius 1 is 0.597 bits per heavy atom. The number of hydrogen-bond acceptors (Lipinski definition) is 14. The molecule has 2 atom stereocenters. The maximum atomic E-state index is 15.1. The van der Waals surface area contributed by atoms with Crippen molar-refractivity contribution in [2.24, 2.45) is 5.41 Å². The number of nitrogens with two attached hydrogens (primary N) is 1. The first kappa shape index (κ1) is 49.7. The van der Waals surface area contributed by atoms with Crippen LogP contribution in [-0.2, 0) is 23.6 Å². The number of anilines is 2. The van der Waals surface area contributed by atoms with Gasteiger partial charge in [0, 0.05) is 44.4 Å². The number of nitrogens with zero attached hydrogens (tertiary/aromatic N) is 8. The summed E-state index contributed by atoms with van der Waals surface area (Å²) < 4.78 is 201. The molecule has 5 N–H and O–H groups in total. The maximum Gasteiger partial charge on any atom is 0.426 e. The minimum absolute atomic E-state index is 0.0232. The van der Waals surface area contributed by atoms with E-state index in [9.17, 15) is 63.7 Å². The standard InChI is InChI=1S/C43H41F13N10O6/c44-35-16-37(17-35,18-35)66-10-6-2-4-8-39(70,43(54,55)56)33-64-62-29(72-33)27-23(12-21(41(48,49)50)25(60-27)31(66)68)58-19-34-13-36(14-34,15-34)65-9-5-1-3-7-38(69,42(51,52)53)32-63-61-28(71-32)26-22(57)11-20(40(45,46)47)24(59-26)30(65)67/h11-12,58,69-70H,1-10,13-19,57H2/t34?,35?,36?,37?,38-,39-/m1/s1. The molecule has 72 heavy (non-hydrogen) atoms. The molecule has 0 spiro atoms. The number of aromatic nitrogens is 6. The summed E-state index contributed by atoms with van der Waals surface area (Å²) in [4.78, 5) is 38.8. The Balaban J connectivity index is 0.983. The number of hydrogen-bond donors (Lipinski definition) is 4. The van der Waals surface area contributed by atoms with Gasteiger partial charge in [-0.2, -0.15) is 52.7 Å². The number of aliphatic hydroxyl groups is 2. The summed E-state index contributed by atoms with van der Waals surface area (Å²) in [5, 5.41) is 38.4. The monoisotopic (exact) mass is 1040 g/mol.